The lowest BCUT2D eigenvalue weighted by molar-refractivity contribution is -0.136. The molecule has 2 N–H and O–H groups in total. The Labute approximate surface area is 160 Å². The number of benzene rings is 2. The molecule has 0 spiro atoms. The molecule has 2 aromatic carbocycles. The van der Waals surface area contributed by atoms with Crippen LogP contribution in [-0.2, 0) is 6.18 Å². The van der Waals surface area contributed by atoms with Gasteiger partial charge in [-0.1, -0.05) is 30.3 Å². The van der Waals surface area contributed by atoms with Crippen LogP contribution in [0.1, 0.15) is 27.0 Å². The topological polar surface area (TPSA) is 54.0 Å². The number of anilines is 3. The Morgan fingerprint density at radius 2 is 1.64 bits per heavy atom. The average molecular weight is 385 g/mol. The minimum absolute atomic E-state index is 0.107. The number of aryl methyl sites for hydroxylation is 2. The smallest absolute Gasteiger partial charge is 0.354 e. The van der Waals surface area contributed by atoms with Gasteiger partial charge >= 0.3 is 6.18 Å². The van der Waals surface area contributed by atoms with Crippen LogP contribution in [0, 0.1) is 13.8 Å². The van der Waals surface area contributed by atoms with Gasteiger partial charge in [0.15, 0.2) is 0 Å². The number of carbonyl (C=O) groups excluding carboxylic acids is 1. The van der Waals surface area contributed by atoms with E-state index in [9.17, 15) is 18.0 Å². The summed E-state index contributed by atoms with van der Waals surface area (Å²) < 4.78 is 39.5. The molecule has 0 aliphatic heterocycles. The molecule has 0 saturated heterocycles. The summed E-state index contributed by atoms with van der Waals surface area (Å²) in [4.78, 5) is 16.6. The third-order valence-electron chi connectivity index (χ3n) is 4.23. The number of para-hydroxylation sites is 2. The van der Waals surface area contributed by atoms with Gasteiger partial charge in [0.05, 0.1) is 28.7 Å². The largest absolute Gasteiger partial charge is 0.418 e. The first kappa shape index (κ1) is 19.4. The van der Waals surface area contributed by atoms with Crippen molar-refractivity contribution in [3.8, 4) is 0 Å². The zero-order valence-electron chi connectivity index (χ0n) is 15.3. The second-order valence-corrected chi connectivity index (χ2v) is 6.35. The molecule has 0 saturated carbocycles. The van der Waals surface area contributed by atoms with Crippen LogP contribution in [0.3, 0.4) is 0 Å². The fourth-order valence-electron chi connectivity index (χ4n) is 2.82. The molecule has 0 atom stereocenters. The van der Waals surface area contributed by atoms with Gasteiger partial charge in [-0.2, -0.15) is 13.2 Å². The molecule has 0 radical (unpaired) electrons. The second kappa shape index (κ2) is 7.72. The van der Waals surface area contributed by atoms with E-state index in [2.05, 4.69) is 15.6 Å². The highest BCUT2D eigenvalue weighted by Crippen LogP contribution is 2.35. The number of nitrogens with one attached hydrogen (secondary N) is 2. The molecule has 1 heterocycles. The molecule has 0 aliphatic rings. The lowest BCUT2D eigenvalue weighted by Gasteiger charge is -2.15. The molecule has 3 rings (SSSR count). The fraction of sp³-hybridized carbons (Fsp3) is 0.143. The third kappa shape index (κ3) is 4.31. The van der Waals surface area contributed by atoms with E-state index in [1.54, 1.807) is 0 Å². The van der Waals surface area contributed by atoms with Gasteiger partial charge in [0, 0.05) is 11.9 Å². The lowest BCUT2D eigenvalue weighted by atomic mass is 10.1. The molecule has 144 valence electrons. The first-order valence-corrected chi connectivity index (χ1v) is 8.51. The Kier molecular flexibility index (Phi) is 5.35. The Balaban J connectivity index is 1.85. The Morgan fingerprint density at radius 1 is 0.964 bits per heavy atom. The van der Waals surface area contributed by atoms with E-state index in [0.29, 0.717) is 5.69 Å². The number of hydrogen-bond acceptors (Lipinski definition) is 3. The zero-order chi connectivity index (χ0) is 20.3. The molecular weight excluding hydrogens is 367 g/mol. The van der Waals surface area contributed by atoms with E-state index in [1.165, 1.54) is 36.7 Å². The van der Waals surface area contributed by atoms with Crippen molar-refractivity contribution in [1.82, 2.24) is 4.98 Å². The fourth-order valence-corrected chi connectivity index (χ4v) is 2.82. The molecule has 4 nitrogen and oxygen atoms in total. The number of amides is 1. The number of alkyl halides is 3. The van der Waals surface area contributed by atoms with Crippen molar-refractivity contribution in [3.63, 3.8) is 0 Å². The van der Waals surface area contributed by atoms with Gasteiger partial charge in [0.1, 0.15) is 0 Å². The van der Waals surface area contributed by atoms with Crippen molar-refractivity contribution in [3.05, 3.63) is 83.2 Å². The number of aromatic nitrogens is 1. The summed E-state index contributed by atoms with van der Waals surface area (Å²) in [6, 6.07) is 12.3. The molecular formula is C21H18F3N3O. The van der Waals surface area contributed by atoms with Crippen LogP contribution in [0.25, 0.3) is 0 Å². The van der Waals surface area contributed by atoms with Crippen molar-refractivity contribution in [2.45, 2.75) is 20.0 Å². The molecule has 0 bridgehead atoms. The van der Waals surface area contributed by atoms with E-state index >= 15 is 0 Å². The third-order valence-corrected chi connectivity index (χ3v) is 4.23. The number of nitrogens with zero attached hydrogens (tertiary/aromatic N) is 1. The summed E-state index contributed by atoms with van der Waals surface area (Å²) in [6.07, 6.45) is -1.76. The quantitative estimate of drug-likeness (QED) is 0.605. The Bertz CT molecular complexity index is 996. The molecule has 1 amide bonds. The van der Waals surface area contributed by atoms with Crippen molar-refractivity contribution >= 4 is 23.0 Å². The number of carbonyl (C=O) groups is 1. The van der Waals surface area contributed by atoms with Crippen molar-refractivity contribution in [2.24, 2.45) is 0 Å². The van der Waals surface area contributed by atoms with Crippen LogP contribution in [0.4, 0.5) is 30.2 Å². The molecule has 7 heteroatoms. The molecule has 0 fully saturated rings. The predicted molar refractivity (Wildman–Crippen MR) is 103 cm³/mol. The standard InChI is InChI=1S/C21H18F3N3O/c1-13-6-5-7-14(2)19(13)27-20(28)15-10-16(12-25-11-15)26-18-9-4-3-8-17(18)21(22,23)24/h3-12,26H,1-2H3,(H,27,28). The number of halogens is 3. The second-order valence-electron chi connectivity index (χ2n) is 6.35. The summed E-state index contributed by atoms with van der Waals surface area (Å²) in [5.41, 5.74) is 2.14. The molecule has 1 aromatic heterocycles. The maximum atomic E-state index is 13.2. The van der Waals surface area contributed by atoms with E-state index < -0.39 is 17.6 Å². The zero-order valence-corrected chi connectivity index (χ0v) is 15.3. The first-order chi connectivity index (χ1) is 13.3. The van der Waals surface area contributed by atoms with Gasteiger partial charge < -0.3 is 10.6 Å². The first-order valence-electron chi connectivity index (χ1n) is 8.51. The summed E-state index contributed by atoms with van der Waals surface area (Å²) in [6.45, 7) is 3.76. The normalized spacial score (nSPS) is 11.2. The average Bonchev–Trinajstić information content (AvgIpc) is 2.64. The van der Waals surface area contributed by atoms with Crippen LogP contribution in [0.2, 0.25) is 0 Å². The number of rotatable bonds is 4. The van der Waals surface area contributed by atoms with E-state index in [-0.39, 0.29) is 16.9 Å². The van der Waals surface area contributed by atoms with Gasteiger partial charge in [-0.05, 0) is 43.2 Å². The highest BCUT2D eigenvalue weighted by atomic mass is 19.4. The SMILES string of the molecule is Cc1cccc(C)c1NC(=O)c1cncc(Nc2ccccc2C(F)(F)F)c1. The highest BCUT2D eigenvalue weighted by molar-refractivity contribution is 6.05. The molecule has 0 aliphatic carbocycles. The van der Waals surface area contributed by atoms with Crippen molar-refractivity contribution < 1.29 is 18.0 Å². The van der Waals surface area contributed by atoms with Crippen LogP contribution in [-0.4, -0.2) is 10.9 Å². The minimum Gasteiger partial charge on any atom is -0.354 e. The van der Waals surface area contributed by atoms with Crippen LogP contribution in [0.5, 0.6) is 0 Å². The van der Waals surface area contributed by atoms with Crippen LogP contribution >= 0.6 is 0 Å². The van der Waals surface area contributed by atoms with Gasteiger partial charge in [-0.3, -0.25) is 9.78 Å². The lowest BCUT2D eigenvalue weighted by Crippen LogP contribution is -2.14. The van der Waals surface area contributed by atoms with Crippen LogP contribution < -0.4 is 10.6 Å². The minimum atomic E-state index is -4.49. The van der Waals surface area contributed by atoms with Crippen molar-refractivity contribution in [1.29, 1.82) is 0 Å². The summed E-state index contributed by atoms with van der Waals surface area (Å²) >= 11 is 0. The van der Waals surface area contributed by atoms with Gasteiger partial charge in [-0.15, -0.1) is 0 Å². The highest BCUT2D eigenvalue weighted by Gasteiger charge is 2.33. The molecule has 0 unspecified atom stereocenters. The summed E-state index contributed by atoms with van der Waals surface area (Å²) in [5.74, 6) is -0.391. The molecule has 28 heavy (non-hydrogen) atoms. The van der Waals surface area contributed by atoms with E-state index in [1.807, 2.05) is 32.0 Å². The number of hydrogen-bond donors (Lipinski definition) is 2. The van der Waals surface area contributed by atoms with E-state index in [4.69, 9.17) is 0 Å². The summed E-state index contributed by atoms with van der Waals surface area (Å²) in [5, 5.41) is 5.53. The monoisotopic (exact) mass is 385 g/mol. The number of pyridine rings is 1. The summed E-state index contributed by atoms with van der Waals surface area (Å²) in [7, 11) is 0. The van der Waals surface area contributed by atoms with Gasteiger partial charge in [0.25, 0.3) is 5.91 Å². The van der Waals surface area contributed by atoms with Gasteiger partial charge in [0.2, 0.25) is 0 Å². The Morgan fingerprint density at radius 3 is 2.32 bits per heavy atom. The van der Waals surface area contributed by atoms with Crippen molar-refractivity contribution in [2.75, 3.05) is 10.6 Å². The van der Waals surface area contributed by atoms with Gasteiger partial charge in [-0.25, -0.2) is 0 Å². The van der Waals surface area contributed by atoms with Crippen LogP contribution in [0.15, 0.2) is 60.9 Å². The van der Waals surface area contributed by atoms with E-state index in [0.717, 1.165) is 17.2 Å². The predicted octanol–water partition coefficient (Wildman–Crippen LogP) is 5.71. The maximum absolute atomic E-state index is 13.2. The maximum Gasteiger partial charge on any atom is 0.418 e. The Hall–Kier alpha value is -3.35. The molecule has 3 aromatic rings.